The Hall–Kier alpha value is -2.01. The third-order valence-electron chi connectivity index (χ3n) is 2.43. The van der Waals surface area contributed by atoms with E-state index in [2.05, 4.69) is 21.9 Å². The number of aromatic nitrogens is 1. The van der Waals surface area contributed by atoms with Gasteiger partial charge in [0, 0.05) is 25.0 Å². The van der Waals surface area contributed by atoms with Crippen molar-refractivity contribution in [2.45, 2.75) is 6.04 Å². The van der Waals surface area contributed by atoms with Crippen LogP contribution in [0.5, 0.6) is 0 Å². The van der Waals surface area contributed by atoms with Crippen molar-refractivity contribution in [3.8, 4) is 12.3 Å². The van der Waals surface area contributed by atoms with Gasteiger partial charge in [-0.3, -0.25) is 4.98 Å². The highest BCUT2D eigenvalue weighted by Gasteiger charge is 2.13. The molecule has 0 N–H and O–H groups in total. The minimum absolute atomic E-state index is 0.232. The lowest BCUT2D eigenvalue weighted by atomic mass is 10.0. The quantitative estimate of drug-likeness (QED) is 0.639. The summed E-state index contributed by atoms with van der Waals surface area (Å²) in [4.78, 5) is 6.26. The molecule has 2 heterocycles. The van der Waals surface area contributed by atoms with Crippen LogP contribution in [0.3, 0.4) is 0 Å². The predicted octanol–water partition coefficient (Wildman–Crippen LogP) is 2.12. The van der Waals surface area contributed by atoms with Crippen LogP contribution < -0.4 is 0 Å². The molecule has 0 spiro atoms. The van der Waals surface area contributed by atoms with Gasteiger partial charge in [-0.15, -0.1) is 6.42 Å². The van der Waals surface area contributed by atoms with Gasteiger partial charge >= 0.3 is 0 Å². The van der Waals surface area contributed by atoms with Crippen LogP contribution in [0, 0.1) is 12.3 Å². The van der Waals surface area contributed by atoms with Crippen LogP contribution in [0.4, 0.5) is 0 Å². The second-order valence-corrected chi connectivity index (χ2v) is 3.49. The van der Waals surface area contributed by atoms with Gasteiger partial charge in [-0.2, -0.15) is 0 Å². The third-order valence-corrected chi connectivity index (χ3v) is 2.43. The van der Waals surface area contributed by atoms with E-state index in [1.165, 1.54) is 0 Å². The summed E-state index contributed by atoms with van der Waals surface area (Å²) >= 11 is 0. The molecule has 0 saturated heterocycles. The highest BCUT2D eigenvalue weighted by molar-refractivity contribution is 5.35. The van der Waals surface area contributed by atoms with Crippen molar-refractivity contribution in [1.82, 2.24) is 9.88 Å². The van der Waals surface area contributed by atoms with Crippen LogP contribution in [0.25, 0.3) is 0 Å². The fourth-order valence-corrected chi connectivity index (χ4v) is 1.63. The van der Waals surface area contributed by atoms with Gasteiger partial charge in [-0.05, 0) is 23.9 Å². The number of likely N-dealkylation sites (N-methyl/N-ethyl adjacent to an activating group) is 1. The molecule has 2 heteroatoms. The molecule has 0 amide bonds. The Labute approximate surface area is 89.9 Å². The first-order valence-corrected chi connectivity index (χ1v) is 4.80. The van der Waals surface area contributed by atoms with Gasteiger partial charge in [-0.25, -0.2) is 0 Å². The van der Waals surface area contributed by atoms with Gasteiger partial charge in [0.15, 0.2) is 0 Å². The molecule has 0 saturated carbocycles. The summed E-state index contributed by atoms with van der Waals surface area (Å²) in [5, 5.41) is 0. The Morgan fingerprint density at radius 3 is 3.00 bits per heavy atom. The van der Waals surface area contributed by atoms with E-state index in [0.29, 0.717) is 0 Å². The van der Waals surface area contributed by atoms with Crippen LogP contribution >= 0.6 is 0 Å². The van der Waals surface area contributed by atoms with Gasteiger partial charge in [0.25, 0.3) is 0 Å². The van der Waals surface area contributed by atoms with Crippen LogP contribution in [0.1, 0.15) is 17.2 Å². The largest absolute Gasteiger partial charge is 0.370 e. The number of terminal acetylenes is 1. The van der Waals surface area contributed by atoms with E-state index in [1.807, 2.05) is 37.7 Å². The average molecular weight is 196 g/mol. The molecule has 0 aromatic carbocycles. The summed E-state index contributed by atoms with van der Waals surface area (Å²) < 4.78 is 0. The van der Waals surface area contributed by atoms with Crippen molar-refractivity contribution in [1.29, 1.82) is 0 Å². The van der Waals surface area contributed by atoms with Gasteiger partial charge in [0.05, 0.1) is 6.04 Å². The van der Waals surface area contributed by atoms with Crippen LogP contribution in [-0.4, -0.2) is 16.9 Å². The number of allylic oxidation sites excluding steroid dienone is 2. The zero-order valence-corrected chi connectivity index (χ0v) is 8.59. The summed E-state index contributed by atoms with van der Waals surface area (Å²) in [6.07, 6.45) is 17.1. The maximum atomic E-state index is 5.35. The molecule has 1 aromatic heterocycles. The molecule has 0 radical (unpaired) electrons. The van der Waals surface area contributed by atoms with Gasteiger partial charge < -0.3 is 4.90 Å². The number of rotatable bonds is 1. The highest BCUT2D eigenvalue weighted by atomic mass is 15.1. The Bertz CT molecular complexity index is 452. The van der Waals surface area contributed by atoms with Gasteiger partial charge in [0.1, 0.15) is 0 Å². The Morgan fingerprint density at radius 1 is 1.40 bits per heavy atom. The summed E-state index contributed by atoms with van der Waals surface area (Å²) in [7, 11) is 2.03. The van der Waals surface area contributed by atoms with Crippen molar-refractivity contribution < 1.29 is 0 Å². The summed E-state index contributed by atoms with van der Waals surface area (Å²) in [5.41, 5.74) is 1.94. The fourth-order valence-electron chi connectivity index (χ4n) is 1.63. The van der Waals surface area contributed by atoms with E-state index in [0.717, 1.165) is 11.1 Å². The number of pyridine rings is 1. The van der Waals surface area contributed by atoms with E-state index < -0.39 is 0 Å². The summed E-state index contributed by atoms with van der Waals surface area (Å²) in [5.74, 6) is 2.60. The lowest BCUT2D eigenvalue weighted by molar-refractivity contribution is 0.389. The molecule has 1 atom stereocenters. The van der Waals surface area contributed by atoms with Crippen molar-refractivity contribution in [2.75, 3.05) is 7.05 Å². The molecule has 0 bridgehead atoms. The third kappa shape index (κ3) is 1.92. The lowest BCUT2D eigenvalue weighted by Crippen LogP contribution is -2.18. The molecule has 0 aliphatic carbocycles. The smallest absolute Gasteiger partial charge is 0.0736 e. The Balaban J connectivity index is 2.34. The second kappa shape index (κ2) is 4.02. The average Bonchev–Trinajstić information content (AvgIpc) is 2.30. The lowest BCUT2D eigenvalue weighted by Gasteiger charge is -2.26. The highest BCUT2D eigenvalue weighted by Crippen LogP contribution is 2.23. The number of hydrogen-bond acceptors (Lipinski definition) is 2. The molecule has 2 rings (SSSR count). The summed E-state index contributed by atoms with van der Waals surface area (Å²) in [6, 6.07) is 2.23. The number of hydrogen-bond donors (Lipinski definition) is 0. The van der Waals surface area contributed by atoms with E-state index in [9.17, 15) is 0 Å². The second-order valence-electron chi connectivity index (χ2n) is 3.49. The monoisotopic (exact) mass is 196 g/mol. The van der Waals surface area contributed by atoms with Crippen molar-refractivity contribution >= 4 is 0 Å². The first-order chi connectivity index (χ1) is 7.31. The molecular weight excluding hydrogens is 184 g/mol. The SMILES string of the molecule is C#Cc1cncc(C2C=CC=CN2C)c1. The normalized spacial score (nSPS) is 18.9. The van der Waals surface area contributed by atoms with Gasteiger partial charge in [-0.1, -0.05) is 18.1 Å². The van der Waals surface area contributed by atoms with E-state index in [-0.39, 0.29) is 6.04 Å². The number of nitrogens with zero attached hydrogens (tertiary/aromatic N) is 2. The minimum Gasteiger partial charge on any atom is -0.370 e. The Kier molecular flexibility index (Phi) is 2.55. The minimum atomic E-state index is 0.232. The first kappa shape index (κ1) is 9.54. The summed E-state index contributed by atoms with van der Waals surface area (Å²) in [6.45, 7) is 0. The standard InChI is InChI=1S/C13H12N2/c1-3-11-8-12(10-14-9-11)13-6-4-5-7-15(13)2/h1,4-10,13H,2H3. The van der Waals surface area contributed by atoms with Crippen LogP contribution in [-0.2, 0) is 0 Å². The molecule has 74 valence electrons. The molecule has 0 fully saturated rings. The fraction of sp³-hybridized carbons (Fsp3) is 0.154. The molecule has 15 heavy (non-hydrogen) atoms. The predicted molar refractivity (Wildman–Crippen MR) is 61.0 cm³/mol. The molecule has 1 unspecified atom stereocenters. The zero-order valence-electron chi connectivity index (χ0n) is 8.59. The van der Waals surface area contributed by atoms with Crippen LogP contribution in [0.2, 0.25) is 0 Å². The Morgan fingerprint density at radius 2 is 2.27 bits per heavy atom. The molecular formula is C13H12N2. The van der Waals surface area contributed by atoms with Gasteiger partial charge in [0.2, 0.25) is 0 Å². The van der Waals surface area contributed by atoms with E-state index in [1.54, 1.807) is 6.20 Å². The zero-order chi connectivity index (χ0) is 10.7. The molecule has 2 nitrogen and oxygen atoms in total. The maximum absolute atomic E-state index is 5.35. The topological polar surface area (TPSA) is 16.1 Å². The van der Waals surface area contributed by atoms with Crippen molar-refractivity contribution in [3.63, 3.8) is 0 Å². The van der Waals surface area contributed by atoms with E-state index in [4.69, 9.17) is 6.42 Å². The molecule has 1 aromatic rings. The maximum Gasteiger partial charge on any atom is 0.0736 e. The van der Waals surface area contributed by atoms with Crippen molar-refractivity contribution in [2.24, 2.45) is 0 Å². The van der Waals surface area contributed by atoms with Crippen molar-refractivity contribution in [3.05, 3.63) is 54.0 Å². The van der Waals surface area contributed by atoms with E-state index >= 15 is 0 Å². The molecule has 1 aliphatic rings. The van der Waals surface area contributed by atoms with Crippen LogP contribution in [0.15, 0.2) is 42.9 Å². The molecule has 1 aliphatic heterocycles. The first-order valence-electron chi connectivity index (χ1n) is 4.80.